The zero-order valence-corrected chi connectivity index (χ0v) is 9.34. The summed E-state index contributed by atoms with van der Waals surface area (Å²) in [5.74, 6) is 0.0750. The third-order valence-electron chi connectivity index (χ3n) is 3.42. The van der Waals surface area contributed by atoms with Crippen LogP contribution in [0.4, 0.5) is 0 Å². The van der Waals surface area contributed by atoms with Crippen LogP contribution >= 0.6 is 0 Å². The van der Waals surface area contributed by atoms with Crippen LogP contribution in [0.15, 0.2) is 0 Å². The van der Waals surface area contributed by atoms with Gasteiger partial charge in [-0.2, -0.15) is 0 Å². The number of carbonyl (C=O) groups is 1. The van der Waals surface area contributed by atoms with Gasteiger partial charge in [-0.3, -0.25) is 4.79 Å². The van der Waals surface area contributed by atoms with E-state index in [0.29, 0.717) is 6.04 Å². The standard InChI is InChI=1S/C11H20N2O2/c1-9(14)13-10-2-7-15-11(8-10)3-5-12-6-4-11/h10,12H,2-8H2,1H3,(H,13,14). The van der Waals surface area contributed by atoms with Crippen molar-refractivity contribution in [1.82, 2.24) is 10.6 Å². The highest BCUT2D eigenvalue weighted by Gasteiger charge is 2.38. The molecule has 2 N–H and O–H groups in total. The fraction of sp³-hybridized carbons (Fsp3) is 0.909. The summed E-state index contributed by atoms with van der Waals surface area (Å²) < 4.78 is 5.93. The van der Waals surface area contributed by atoms with E-state index in [1.54, 1.807) is 6.92 Å². The van der Waals surface area contributed by atoms with E-state index in [-0.39, 0.29) is 11.5 Å². The Bertz CT molecular complexity index is 231. The minimum Gasteiger partial charge on any atom is -0.375 e. The van der Waals surface area contributed by atoms with E-state index in [0.717, 1.165) is 45.4 Å². The molecule has 2 rings (SSSR count). The lowest BCUT2D eigenvalue weighted by Crippen LogP contribution is -2.52. The summed E-state index contributed by atoms with van der Waals surface area (Å²) in [5.41, 5.74) is 0.0383. The Kier molecular flexibility index (Phi) is 3.26. The maximum Gasteiger partial charge on any atom is 0.217 e. The van der Waals surface area contributed by atoms with Gasteiger partial charge in [0.15, 0.2) is 0 Å². The molecule has 0 aromatic rings. The number of hydrogen-bond donors (Lipinski definition) is 2. The number of amides is 1. The first-order valence-electron chi connectivity index (χ1n) is 5.82. The third-order valence-corrected chi connectivity index (χ3v) is 3.42. The summed E-state index contributed by atoms with van der Waals surface area (Å²) in [6.45, 7) is 4.44. The van der Waals surface area contributed by atoms with Crippen LogP contribution in [-0.4, -0.2) is 37.2 Å². The molecule has 0 aliphatic carbocycles. The molecule has 2 saturated heterocycles. The Morgan fingerprint density at radius 2 is 2.20 bits per heavy atom. The van der Waals surface area contributed by atoms with Crippen molar-refractivity contribution in [3.8, 4) is 0 Å². The van der Waals surface area contributed by atoms with Crippen molar-refractivity contribution in [3.63, 3.8) is 0 Å². The van der Waals surface area contributed by atoms with Gasteiger partial charge >= 0.3 is 0 Å². The van der Waals surface area contributed by atoms with Crippen molar-refractivity contribution in [2.45, 2.75) is 44.2 Å². The average Bonchev–Trinajstić information content (AvgIpc) is 2.17. The molecule has 0 saturated carbocycles. The zero-order valence-electron chi connectivity index (χ0n) is 9.34. The van der Waals surface area contributed by atoms with E-state index in [4.69, 9.17) is 4.74 Å². The van der Waals surface area contributed by atoms with E-state index in [2.05, 4.69) is 10.6 Å². The van der Waals surface area contributed by atoms with Crippen molar-refractivity contribution >= 4 is 5.91 Å². The predicted molar refractivity (Wildman–Crippen MR) is 57.6 cm³/mol. The van der Waals surface area contributed by atoms with Crippen molar-refractivity contribution in [2.75, 3.05) is 19.7 Å². The van der Waals surface area contributed by atoms with Crippen LogP contribution in [0.1, 0.15) is 32.6 Å². The van der Waals surface area contributed by atoms with Gasteiger partial charge in [-0.25, -0.2) is 0 Å². The van der Waals surface area contributed by atoms with Gasteiger partial charge in [0.2, 0.25) is 5.91 Å². The molecule has 1 unspecified atom stereocenters. The Labute approximate surface area is 90.8 Å². The lowest BCUT2D eigenvalue weighted by Gasteiger charge is -2.43. The number of ether oxygens (including phenoxy) is 1. The van der Waals surface area contributed by atoms with Crippen LogP contribution in [0.5, 0.6) is 0 Å². The third kappa shape index (κ3) is 2.69. The van der Waals surface area contributed by atoms with E-state index in [1.807, 2.05) is 0 Å². The lowest BCUT2D eigenvalue weighted by molar-refractivity contribution is -0.125. The van der Waals surface area contributed by atoms with Gasteiger partial charge in [0, 0.05) is 19.6 Å². The molecule has 0 bridgehead atoms. The molecule has 2 aliphatic rings. The van der Waals surface area contributed by atoms with E-state index in [9.17, 15) is 4.79 Å². The molecule has 1 atom stereocenters. The van der Waals surface area contributed by atoms with Gasteiger partial charge in [0.05, 0.1) is 5.60 Å². The molecule has 4 nitrogen and oxygen atoms in total. The monoisotopic (exact) mass is 212 g/mol. The SMILES string of the molecule is CC(=O)NC1CCOC2(CCNCC2)C1. The number of carbonyl (C=O) groups excluding carboxylic acids is 1. The summed E-state index contributed by atoms with van der Waals surface area (Å²) in [6.07, 6.45) is 4.08. The second kappa shape index (κ2) is 4.49. The Hall–Kier alpha value is -0.610. The van der Waals surface area contributed by atoms with Crippen LogP contribution in [0.2, 0.25) is 0 Å². The van der Waals surface area contributed by atoms with Crippen LogP contribution in [-0.2, 0) is 9.53 Å². The minimum absolute atomic E-state index is 0.0383. The second-order valence-electron chi connectivity index (χ2n) is 4.67. The number of hydrogen-bond acceptors (Lipinski definition) is 3. The van der Waals surface area contributed by atoms with Crippen LogP contribution < -0.4 is 10.6 Å². The topological polar surface area (TPSA) is 50.4 Å². The normalized spacial score (nSPS) is 30.1. The number of rotatable bonds is 1. The molecule has 2 fully saturated rings. The molecule has 15 heavy (non-hydrogen) atoms. The molecule has 0 aromatic heterocycles. The fourth-order valence-corrected chi connectivity index (χ4v) is 2.67. The van der Waals surface area contributed by atoms with Gasteiger partial charge in [-0.05, 0) is 38.8 Å². The van der Waals surface area contributed by atoms with E-state index in [1.165, 1.54) is 0 Å². The molecule has 2 aliphatic heterocycles. The summed E-state index contributed by atoms with van der Waals surface area (Å²) in [6, 6.07) is 0.314. The smallest absolute Gasteiger partial charge is 0.217 e. The molecular weight excluding hydrogens is 192 g/mol. The van der Waals surface area contributed by atoms with Crippen molar-refractivity contribution in [1.29, 1.82) is 0 Å². The molecule has 0 radical (unpaired) electrons. The van der Waals surface area contributed by atoms with E-state index >= 15 is 0 Å². The van der Waals surface area contributed by atoms with Gasteiger partial charge in [-0.1, -0.05) is 0 Å². The highest BCUT2D eigenvalue weighted by molar-refractivity contribution is 5.73. The Morgan fingerprint density at radius 1 is 1.47 bits per heavy atom. The highest BCUT2D eigenvalue weighted by atomic mass is 16.5. The van der Waals surface area contributed by atoms with Crippen LogP contribution in [0.3, 0.4) is 0 Å². The first-order chi connectivity index (χ1) is 7.20. The molecule has 0 aromatic carbocycles. The number of nitrogens with one attached hydrogen (secondary N) is 2. The first-order valence-corrected chi connectivity index (χ1v) is 5.82. The van der Waals surface area contributed by atoms with Gasteiger partial charge in [0.25, 0.3) is 0 Å². The van der Waals surface area contributed by atoms with Gasteiger partial charge in [-0.15, -0.1) is 0 Å². The molecule has 1 spiro atoms. The molecular formula is C11H20N2O2. The Balaban J connectivity index is 1.93. The highest BCUT2D eigenvalue weighted by Crippen LogP contribution is 2.32. The van der Waals surface area contributed by atoms with Crippen LogP contribution in [0, 0.1) is 0 Å². The minimum atomic E-state index is 0.0383. The largest absolute Gasteiger partial charge is 0.375 e. The van der Waals surface area contributed by atoms with E-state index < -0.39 is 0 Å². The summed E-state index contributed by atoms with van der Waals surface area (Å²) in [5, 5.41) is 6.36. The molecule has 86 valence electrons. The lowest BCUT2D eigenvalue weighted by atomic mass is 9.83. The maximum atomic E-state index is 11.0. The zero-order chi connectivity index (χ0) is 10.7. The van der Waals surface area contributed by atoms with Crippen molar-refractivity contribution in [2.24, 2.45) is 0 Å². The summed E-state index contributed by atoms with van der Waals surface area (Å²) >= 11 is 0. The average molecular weight is 212 g/mol. The first kappa shape index (κ1) is 10.9. The summed E-state index contributed by atoms with van der Waals surface area (Å²) in [4.78, 5) is 11.0. The molecule has 1 amide bonds. The molecule has 2 heterocycles. The van der Waals surface area contributed by atoms with Gasteiger partial charge < -0.3 is 15.4 Å². The number of piperidine rings is 1. The maximum absolute atomic E-state index is 11.0. The van der Waals surface area contributed by atoms with Crippen molar-refractivity contribution < 1.29 is 9.53 Å². The van der Waals surface area contributed by atoms with Gasteiger partial charge in [0.1, 0.15) is 0 Å². The van der Waals surface area contributed by atoms with Crippen molar-refractivity contribution in [3.05, 3.63) is 0 Å². The predicted octanol–water partition coefficient (Wildman–Crippen LogP) is 0.424. The van der Waals surface area contributed by atoms with Crippen LogP contribution in [0.25, 0.3) is 0 Å². The quantitative estimate of drug-likeness (QED) is 0.662. The molecule has 4 heteroatoms. The Morgan fingerprint density at radius 3 is 2.87 bits per heavy atom. The summed E-state index contributed by atoms with van der Waals surface area (Å²) in [7, 11) is 0. The fourth-order valence-electron chi connectivity index (χ4n) is 2.67. The second-order valence-corrected chi connectivity index (χ2v) is 4.67.